The van der Waals surface area contributed by atoms with Gasteiger partial charge in [-0.3, -0.25) is 4.79 Å². The molecule has 5 nitrogen and oxygen atoms in total. The molecule has 0 bridgehead atoms. The highest BCUT2D eigenvalue weighted by molar-refractivity contribution is 6.34. The number of benzene rings is 1. The number of rotatable bonds is 3. The molecule has 0 aromatic heterocycles. The van der Waals surface area contributed by atoms with Crippen LogP contribution >= 0.6 is 11.6 Å². The molecule has 0 spiro atoms. The minimum atomic E-state index is -0.684. The van der Waals surface area contributed by atoms with E-state index in [2.05, 4.69) is 10.6 Å². The lowest BCUT2D eigenvalue weighted by molar-refractivity contribution is -0.121. The molecule has 0 aliphatic carbocycles. The fraction of sp³-hybridized carbons (Fsp3) is 0.462. The fourth-order valence-corrected chi connectivity index (χ4v) is 1.75. The van der Waals surface area contributed by atoms with Crippen molar-refractivity contribution < 1.29 is 14.3 Å². The Morgan fingerprint density at radius 3 is 2.42 bits per heavy atom. The second-order valence-corrected chi connectivity index (χ2v) is 5.21. The van der Waals surface area contributed by atoms with E-state index in [4.69, 9.17) is 21.1 Å². The number of likely N-dealkylation sites (N-methyl/N-ethyl adjacent to an activating group) is 1. The molecular weight excluding hydrogens is 268 g/mol. The van der Waals surface area contributed by atoms with Crippen molar-refractivity contribution in [1.29, 1.82) is 0 Å². The molecule has 1 aromatic carbocycles. The summed E-state index contributed by atoms with van der Waals surface area (Å²) in [6, 6.07) is 3.33. The molecule has 2 N–H and O–H groups in total. The molecule has 0 radical (unpaired) electrons. The van der Waals surface area contributed by atoms with Crippen molar-refractivity contribution in [3.8, 4) is 11.5 Å². The van der Waals surface area contributed by atoms with Gasteiger partial charge in [0.05, 0.1) is 16.2 Å². The van der Waals surface area contributed by atoms with Gasteiger partial charge in [0, 0.05) is 12.1 Å². The maximum absolute atomic E-state index is 12.1. The summed E-state index contributed by atoms with van der Waals surface area (Å²) in [6.07, 6.45) is 0. The Morgan fingerprint density at radius 2 is 1.84 bits per heavy atom. The zero-order valence-corrected chi connectivity index (χ0v) is 11.9. The Balaban J connectivity index is 2.24. The van der Waals surface area contributed by atoms with Crippen LogP contribution in [0, 0.1) is 0 Å². The van der Waals surface area contributed by atoms with E-state index >= 15 is 0 Å². The lowest BCUT2D eigenvalue weighted by Gasteiger charge is -2.24. The summed E-state index contributed by atoms with van der Waals surface area (Å²) in [7, 11) is 1.73. The zero-order chi connectivity index (χ0) is 14.0. The van der Waals surface area contributed by atoms with Crippen LogP contribution in [0.25, 0.3) is 0 Å². The Morgan fingerprint density at radius 1 is 1.26 bits per heavy atom. The van der Waals surface area contributed by atoms with Crippen LogP contribution < -0.4 is 20.1 Å². The maximum atomic E-state index is 12.1. The summed E-state index contributed by atoms with van der Waals surface area (Å²) in [5, 5.41) is 6.14. The number of amides is 1. The molecule has 0 saturated carbocycles. The lowest BCUT2D eigenvalue weighted by Crippen LogP contribution is -2.47. The molecule has 0 atom stereocenters. The number of fused-ring (bicyclic) bond motifs is 1. The first-order valence-electron chi connectivity index (χ1n) is 6.03. The molecule has 1 heterocycles. The third-order valence-corrected chi connectivity index (χ3v) is 3.39. The summed E-state index contributed by atoms with van der Waals surface area (Å²) in [4.78, 5) is 12.1. The van der Waals surface area contributed by atoms with Gasteiger partial charge < -0.3 is 20.1 Å². The second-order valence-electron chi connectivity index (χ2n) is 4.80. The zero-order valence-electron chi connectivity index (χ0n) is 11.2. The predicted molar refractivity (Wildman–Crippen MR) is 74.2 cm³/mol. The van der Waals surface area contributed by atoms with Gasteiger partial charge in [0.15, 0.2) is 11.5 Å². The lowest BCUT2D eigenvalue weighted by atomic mass is 10.1. The summed E-state index contributed by atoms with van der Waals surface area (Å²) >= 11 is 6.13. The Labute approximate surface area is 117 Å². The van der Waals surface area contributed by atoms with Crippen LogP contribution in [0.2, 0.25) is 5.02 Å². The third kappa shape index (κ3) is 2.93. The molecule has 0 unspecified atom stereocenters. The van der Waals surface area contributed by atoms with Crippen molar-refractivity contribution in [2.45, 2.75) is 19.4 Å². The van der Waals surface area contributed by atoms with E-state index in [9.17, 15) is 4.79 Å². The minimum Gasteiger partial charge on any atom is -0.486 e. The third-order valence-electron chi connectivity index (χ3n) is 3.07. The topological polar surface area (TPSA) is 59.6 Å². The highest BCUT2D eigenvalue weighted by atomic mass is 35.5. The molecular formula is C13H17ClN2O3. The average molecular weight is 285 g/mol. The summed E-state index contributed by atoms with van der Waals surface area (Å²) < 4.78 is 10.9. The van der Waals surface area contributed by atoms with E-state index in [1.165, 1.54) is 0 Å². The number of carbonyl (C=O) groups is 1. The van der Waals surface area contributed by atoms with Crippen LogP contribution in [0.3, 0.4) is 0 Å². The second kappa shape index (κ2) is 5.27. The summed E-state index contributed by atoms with van der Waals surface area (Å²) in [6.45, 7) is 4.56. The quantitative estimate of drug-likeness (QED) is 0.892. The molecule has 1 aliphatic rings. The van der Waals surface area contributed by atoms with Crippen molar-refractivity contribution >= 4 is 23.2 Å². The number of ether oxygens (including phenoxy) is 2. The predicted octanol–water partition coefficient (Wildman–Crippen LogP) is 2.05. The molecule has 19 heavy (non-hydrogen) atoms. The van der Waals surface area contributed by atoms with Gasteiger partial charge in [-0.15, -0.1) is 0 Å². The van der Waals surface area contributed by atoms with Crippen LogP contribution in [0.5, 0.6) is 11.5 Å². The average Bonchev–Trinajstić information content (AvgIpc) is 2.39. The van der Waals surface area contributed by atoms with E-state index < -0.39 is 5.54 Å². The van der Waals surface area contributed by atoms with E-state index in [0.29, 0.717) is 35.4 Å². The number of hydrogen-bond donors (Lipinski definition) is 2. The van der Waals surface area contributed by atoms with Crippen LogP contribution in [-0.4, -0.2) is 31.7 Å². The van der Waals surface area contributed by atoms with E-state index in [-0.39, 0.29) is 5.91 Å². The van der Waals surface area contributed by atoms with Gasteiger partial charge in [-0.2, -0.15) is 0 Å². The van der Waals surface area contributed by atoms with E-state index in [0.717, 1.165) is 0 Å². The standard InChI is InChI=1S/C13H17ClN2O3/c1-13(2,15-3)12(17)16-9-7-11-10(6-8(9)14)18-4-5-19-11/h6-7,15H,4-5H2,1-3H3,(H,16,17). The highest BCUT2D eigenvalue weighted by Crippen LogP contribution is 2.38. The SMILES string of the molecule is CNC(C)(C)C(=O)Nc1cc2c(cc1Cl)OCCO2. The maximum Gasteiger partial charge on any atom is 0.244 e. The Kier molecular flexibility index (Phi) is 3.87. The number of hydrogen-bond acceptors (Lipinski definition) is 4. The number of carbonyl (C=O) groups excluding carboxylic acids is 1. The van der Waals surface area contributed by atoms with E-state index in [1.54, 1.807) is 33.0 Å². The number of halogens is 1. The molecule has 0 fully saturated rings. The molecule has 2 rings (SSSR count). The van der Waals surface area contributed by atoms with Crippen molar-refractivity contribution in [2.75, 3.05) is 25.6 Å². The molecule has 6 heteroatoms. The van der Waals surface area contributed by atoms with Crippen LogP contribution in [0.1, 0.15) is 13.8 Å². The van der Waals surface area contributed by atoms with Gasteiger partial charge in [-0.1, -0.05) is 11.6 Å². The van der Waals surface area contributed by atoms with Crippen molar-refractivity contribution in [2.24, 2.45) is 0 Å². The van der Waals surface area contributed by atoms with Gasteiger partial charge in [-0.05, 0) is 20.9 Å². The smallest absolute Gasteiger partial charge is 0.244 e. The molecule has 1 aliphatic heterocycles. The molecule has 1 aromatic rings. The largest absolute Gasteiger partial charge is 0.486 e. The molecule has 104 valence electrons. The minimum absolute atomic E-state index is 0.173. The Bertz CT molecular complexity index is 503. The van der Waals surface area contributed by atoms with Crippen LogP contribution in [-0.2, 0) is 4.79 Å². The number of anilines is 1. The molecule has 1 amide bonds. The van der Waals surface area contributed by atoms with Gasteiger partial charge in [-0.25, -0.2) is 0 Å². The summed E-state index contributed by atoms with van der Waals surface area (Å²) in [5.74, 6) is 1.02. The number of nitrogens with one attached hydrogen (secondary N) is 2. The van der Waals surface area contributed by atoms with Crippen LogP contribution in [0.15, 0.2) is 12.1 Å². The first-order chi connectivity index (χ1) is 8.94. The Hall–Kier alpha value is -1.46. The van der Waals surface area contributed by atoms with Gasteiger partial charge in [0.1, 0.15) is 13.2 Å². The fourth-order valence-electron chi connectivity index (χ4n) is 1.55. The van der Waals surface area contributed by atoms with Gasteiger partial charge in [0.2, 0.25) is 5.91 Å². The van der Waals surface area contributed by atoms with Crippen molar-refractivity contribution in [3.05, 3.63) is 17.2 Å². The highest BCUT2D eigenvalue weighted by Gasteiger charge is 2.26. The van der Waals surface area contributed by atoms with Gasteiger partial charge in [0.25, 0.3) is 0 Å². The van der Waals surface area contributed by atoms with Gasteiger partial charge >= 0.3 is 0 Å². The van der Waals surface area contributed by atoms with Crippen molar-refractivity contribution in [1.82, 2.24) is 5.32 Å². The first kappa shape index (κ1) is 14.0. The molecule has 0 saturated heterocycles. The summed E-state index contributed by atoms with van der Waals surface area (Å²) in [5.41, 5.74) is -0.171. The monoisotopic (exact) mass is 284 g/mol. The first-order valence-corrected chi connectivity index (χ1v) is 6.41. The van der Waals surface area contributed by atoms with Crippen LogP contribution in [0.4, 0.5) is 5.69 Å². The van der Waals surface area contributed by atoms with E-state index in [1.807, 2.05) is 0 Å². The van der Waals surface area contributed by atoms with Crippen molar-refractivity contribution in [3.63, 3.8) is 0 Å². The normalized spacial score (nSPS) is 14.1.